The maximum absolute atomic E-state index is 11.7. The maximum atomic E-state index is 11.7. The van der Waals surface area contributed by atoms with Gasteiger partial charge in [0.05, 0.1) is 6.54 Å². The van der Waals surface area contributed by atoms with Gasteiger partial charge in [0.15, 0.2) is 0 Å². The van der Waals surface area contributed by atoms with E-state index in [0.717, 1.165) is 31.6 Å². The molecule has 0 aliphatic carbocycles. The van der Waals surface area contributed by atoms with Crippen LogP contribution in [0.4, 0.5) is 0 Å². The Balaban J connectivity index is 2.20. The molecule has 1 saturated heterocycles. The molecule has 0 bridgehead atoms. The third kappa shape index (κ3) is 2.12. The van der Waals surface area contributed by atoms with Crippen LogP contribution in [-0.2, 0) is 18.4 Å². The Morgan fingerprint density at radius 3 is 2.94 bits per heavy atom. The van der Waals surface area contributed by atoms with Crippen molar-refractivity contribution in [1.29, 1.82) is 0 Å². The Labute approximate surface area is 107 Å². The van der Waals surface area contributed by atoms with E-state index in [1.807, 2.05) is 18.9 Å². The van der Waals surface area contributed by atoms with Gasteiger partial charge in [0, 0.05) is 7.05 Å². The van der Waals surface area contributed by atoms with Crippen LogP contribution < -0.4 is 0 Å². The first kappa shape index (κ1) is 13.0. The van der Waals surface area contributed by atoms with Crippen molar-refractivity contribution in [3.05, 3.63) is 12.2 Å². The summed E-state index contributed by atoms with van der Waals surface area (Å²) in [5, 5.41) is 13.6. The Bertz CT molecular complexity index is 431. The highest BCUT2D eigenvalue weighted by atomic mass is 16.4. The maximum Gasteiger partial charge on any atom is 0.324 e. The van der Waals surface area contributed by atoms with Crippen LogP contribution in [0.1, 0.15) is 38.4 Å². The van der Waals surface area contributed by atoms with Gasteiger partial charge < -0.3 is 5.11 Å². The molecule has 0 spiro atoms. The molecule has 1 fully saturated rings. The SMILES string of the molecule is CCCC1(C(=O)O)CCCN1Cc1ncnn1C. The molecule has 1 aliphatic rings. The van der Waals surface area contributed by atoms with Crippen molar-refractivity contribution in [3.8, 4) is 0 Å². The van der Waals surface area contributed by atoms with E-state index >= 15 is 0 Å². The Morgan fingerprint density at radius 2 is 2.39 bits per heavy atom. The van der Waals surface area contributed by atoms with Crippen LogP contribution >= 0.6 is 0 Å². The number of rotatable bonds is 5. The summed E-state index contributed by atoms with van der Waals surface area (Å²) in [4.78, 5) is 17.9. The summed E-state index contributed by atoms with van der Waals surface area (Å²) in [6, 6.07) is 0. The van der Waals surface area contributed by atoms with Gasteiger partial charge in [-0.2, -0.15) is 5.10 Å². The molecular formula is C12H20N4O2. The van der Waals surface area contributed by atoms with Crippen LogP contribution in [0.25, 0.3) is 0 Å². The molecule has 1 aromatic rings. The van der Waals surface area contributed by atoms with Gasteiger partial charge in [0.1, 0.15) is 17.7 Å². The van der Waals surface area contributed by atoms with E-state index < -0.39 is 11.5 Å². The van der Waals surface area contributed by atoms with Crippen molar-refractivity contribution in [1.82, 2.24) is 19.7 Å². The molecule has 0 amide bonds. The highest BCUT2D eigenvalue weighted by Gasteiger charge is 2.46. The van der Waals surface area contributed by atoms with Crippen LogP contribution in [0, 0.1) is 0 Å². The van der Waals surface area contributed by atoms with E-state index in [1.54, 1.807) is 4.68 Å². The summed E-state index contributed by atoms with van der Waals surface area (Å²) in [5.41, 5.74) is -0.708. The van der Waals surface area contributed by atoms with E-state index in [-0.39, 0.29) is 0 Å². The van der Waals surface area contributed by atoms with Crippen molar-refractivity contribution >= 4 is 5.97 Å². The molecule has 6 nitrogen and oxygen atoms in total. The lowest BCUT2D eigenvalue weighted by atomic mass is 9.90. The number of aliphatic carboxylic acids is 1. The fourth-order valence-electron chi connectivity index (χ4n) is 2.84. The van der Waals surface area contributed by atoms with Crippen LogP contribution in [0.3, 0.4) is 0 Å². The van der Waals surface area contributed by atoms with Gasteiger partial charge in [-0.25, -0.2) is 4.98 Å². The minimum absolute atomic E-state index is 0.558. The molecule has 100 valence electrons. The molecule has 0 saturated carbocycles. The zero-order valence-corrected chi connectivity index (χ0v) is 11.0. The second-order valence-corrected chi connectivity index (χ2v) is 4.91. The number of nitrogens with zero attached hydrogens (tertiary/aromatic N) is 4. The first-order chi connectivity index (χ1) is 8.60. The van der Waals surface area contributed by atoms with Gasteiger partial charge in [-0.15, -0.1) is 0 Å². The van der Waals surface area contributed by atoms with Crippen molar-refractivity contribution in [2.24, 2.45) is 7.05 Å². The van der Waals surface area contributed by atoms with Crippen LogP contribution in [-0.4, -0.2) is 42.8 Å². The highest BCUT2D eigenvalue weighted by molar-refractivity contribution is 5.79. The summed E-state index contributed by atoms with van der Waals surface area (Å²) in [5.74, 6) is 0.114. The first-order valence-electron chi connectivity index (χ1n) is 6.41. The van der Waals surface area contributed by atoms with Crippen LogP contribution in [0.15, 0.2) is 6.33 Å². The summed E-state index contributed by atoms with van der Waals surface area (Å²) in [6.07, 6.45) is 4.74. The van der Waals surface area contributed by atoms with Crippen molar-refractivity contribution in [2.75, 3.05) is 6.54 Å². The summed E-state index contributed by atoms with van der Waals surface area (Å²) in [7, 11) is 1.83. The third-order valence-electron chi connectivity index (χ3n) is 3.82. The number of carbonyl (C=O) groups is 1. The molecule has 1 aromatic heterocycles. The fourth-order valence-corrected chi connectivity index (χ4v) is 2.84. The zero-order chi connectivity index (χ0) is 13.2. The quantitative estimate of drug-likeness (QED) is 0.847. The number of carboxylic acid groups (broad SMARTS) is 1. The van der Waals surface area contributed by atoms with E-state index in [4.69, 9.17) is 0 Å². The Hall–Kier alpha value is -1.43. The van der Waals surface area contributed by atoms with E-state index in [9.17, 15) is 9.90 Å². The van der Waals surface area contributed by atoms with Gasteiger partial charge in [-0.1, -0.05) is 13.3 Å². The van der Waals surface area contributed by atoms with Crippen molar-refractivity contribution in [2.45, 2.75) is 44.7 Å². The average Bonchev–Trinajstić information content (AvgIpc) is 2.89. The van der Waals surface area contributed by atoms with Gasteiger partial charge in [0.25, 0.3) is 0 Å². The van der Waals surface area contributed by atoms with E-state index in [2.05, 4.69) is 10.1 Å². The second-order valence-electron chi connectivity index (χ2n) is 4.91. The lowest BCUT2D eigenvalue weighted by molar-refractivity contribution is -0.150. The first-order valence-corrected chi connectivity index (χ1v) is 6.41. The number of aromatic nitrogens is 3. The predicted molar refractivity (Wildman–Crippen MR) is 65.9 cm³/mol. The monoisotopic (exact) mass is 252 g/mol. The minimum atomic E-state index is -0.708. The van der Waals surface area contributed by atoms with Gasteiger partial charge >= 0.3 is 5.97 Å². The normalized spacial score (nSPS) is 24.6. The average molecular weight is 252 g/mol. The lowest BCUT2D eigenvalue weighted by Gasteiger charge is -2.34. The Kier molecular flexibility index (Phi) is 3.65. The topological polar surface area (TPSA) is 71.2 Å². The van der Waals surface area contributed by atoms with E-state index in [1.165, 1.54) is 6.33 Å². The smallest absolute Gasteiger partial charge is 0.324 e. The number of likely N-dealkylation sites (tertiary alicyclic amines) is 1. The third-order valence-corrected chi connectivity index (χ3v) is 3.82. The predicted octanol–water partition coefficient (Wildman–Crippen LogP) is 1.03. The number of hydrogen-bond donors (Lipinski definition) is 1. The molecule has 1 unspecified atom stereocenters. The molecule has 18 heavy (non-hydrogen) atoms. The molecule has 0 aromatic carbocycles. The number of carboxylic acids is 1. The minimum Gasteiger partial charge on any atom is -0.480 e. The lowest BCUT2D eigenvalue weighted by Crippen LogP contribution is -2.50. The largest absolute Gasteiger partial charge is 0.480 e. The molecule has 1 atom stereocenters. The highest BCUT2D eigenvalue weighted by Crippen LogP contribution is 2.34. The van der Waals surface area contributed by atoms with Gasteiger partial charge in [-0.3, -0.25) is 14.4 Å². The Morgan fingerprint density at radius 1 is 1.61 bits per heavy atom. The van der Waals surface area contributed by atoms with Crippen molar-refractivity contribution < 1.29 is 9.90 Å². The molecule has 2 heterocycles. The van der Waals surface area contributed by atoms with Crippen molar-refractivity contribution in [3.63, 3.8) is 0 Å². The molecule has 1 aliphatic heterocycles. The van der Waals surface area contributed by atoms with Gasteiger partial charge in [0.2, 0.25) is 0 Å². The second kappa shape index (κ2) is 5.06. The number of aryl methyl sites for hydroxylation is 1. The van der Waals surface area contributed by atoms with Crippen LogP contribution in [0.2, 0.25) is 0 Å². The van der Waals surface area contributed by atoms with E-state index in [0.29, 0.717) is 13.0 Å². The summed E-state index contributed by atoms with van der Waals surface area (Å²) < 4.78 is 1.71. The zero-order valence-electron chi connectivity index (χ0n) is 11.0. The summed E-state index contributed by atoms with van der Waals surface area (Å²) >= 11 is 0. The molecule has 2 rings (SSSR count). The molecule has 1 N–H and O–H groups in total. The summed E-state index contributed by atoms with van der Waals surface area (Å²) in [6.45, 7) is 3.41. The fraction of sp³-hybridized carbons (Fsp3) is 0.750. The number of hydrogen-bond acceptors (Lipinski definition) is 4. The molecule has 0 radical (unpaired) electrons. The molecule has 6 heteroatoms. The molecular weight excluding hydrogens is 232 g/mol. The standard InChI is InChI=1S/C12H20N4O2/c1-3-5-12(11(17)18)6-4-7-16(12)8-10-13-9-14-15(10)2/h9H,3-8H2,1-2H3,(H,17,18). The van der Waals surface area contributed by atoms with Crippen LogP contribution in [0.5, 0.6) is 0 Å². The van der Waals surface area contributed by atoms with Gasteiger partial charge in [-0.05, 0) is 25.8 Å².